The molecule has 0 aromatic heterocycles. The van der Waals surface area contributed by atoms with E-state index in [9.17, 15) is 9.59 Å². The van der Waals surface area contributed by atoms with E-state index in [1.807, 2.05) is 19.1 Å². The predicted molar refractivity (Wildman–Crippen MR) is 112 cm³/mol. The third-order valence-electron chi connectivity index (χ3n) is 7.35. The van der Waals surface area contributed by atoms with Crippen molar-refractivity contribution in [2.24, 2.45) is 23.2 Å². The minimum absolute atomic E-state index is 0.0259. The van der Waals surface area contributed by atoms with Crippen molar-refractivity contribution in [2.75, 3.05) is 11.9 Å². The Bertz CT molecular complexity index is 733. The van der Waals surface area contributed by atoms with Gasteiger partial charge in [-0.1, -0.05) is 32.0 Å². The maximum absolute atomic E-state index is 13.0. The zero-order chi connectivity index (χ0) is 19.9. The molecule has 0 spiro atoms. The third kappa shape index (κ3) is 3.70. The van der Waals surface area contributed by atoms with Gasteiger partial charge in [0.25, 0.3) is 0 Å². The minimum Gasteiger partial charge on any atom is -0.355 e. The van der Waals surface area contributed by atoms with Crippen molar-refractivity contribution in [2.45, 2.75) is 71.6 Å². The summed E-state index contributed by atoms with van der Waals surface area (Å²) in [5.74, 6) is 2.81. The molecule has 1 aromatic carbocycles. The Labute approximate surface area is 168 Å². The van der Waals surface area contributed by atoms with Crippen LogP contribution >= 0.6 is 0 Å². The van der Waals surface area contributed by atoms with Crippen molar-refractivity contribution in [3.8, 4) is 0 Å². The van der Waals surface area contributed by atoms with Crippen LogP contribution in [0.3, 0.4) is 0 Å². The average molecular weight is 383 g/mol. The number of rotatable bonds is 6. The number of para-hydroxylation sites is 1. The Morgan fingerprint density at radius 3 is 2.25 bits per heavy atom. The van der Waals surface area contributed by atoms with E-state index >= 15 is 0 Å². The second-order valence-corrected chi connectivity index (χ2v) is 9.95. The van der Waals surface area contributed by atoms with Crippen LogP contribution in [0, 0.1) is 30.1 Å². The lowest BCUT2D eigenvalue weighted by atomic mass is 9.49. The number of hydrogen-bond acceptors (Lipinski definition) is 2. The Morgan fingerprint density at radius 1 is 1.07 bits per heavy atom. The number of anilines is 1. The molecule has 4 nitrogen and oxygen atoms in total. The van der Waals surface area contributed by atoms with E-state index in [4.69, 9.17) is 0 Å². The van der Waals surface area contributed by atoms with Gasteiger partial charge in [-0.05, 0) is 80.2 Å². The molecular weight excluding hydrogens is 348 g/mol. The largest absolute Gasteiger partial charge is 0.355 e. The number of benzene rings is 1. The lowest BCUT2D eigenvalue weighted by Gasteiger charge is -2.55. The SMILES string of the molecule is Cc1cccc(C(C)C)c1NC(=O)CCNC(=O)C12CC3CC(CC(C3)C1)C2. The Hall–Kier alpha value is -1.84. The van der Waals surface area contributed by atoms with Crippen molar-refractivity contribution < 1.29 is 9.59 Å². The predicted octanol–water partition coefficient (Wildman–Crippen LogP) is 4.78. The summed E-state index contributed by atoms with van der Waals surface area (Å²) in [5.41, 5.74) is 3.03. The quantitative estimate of drug-likeness (QED) is 0.744. The molecule has 2 amide bonds. The monoisotopic (exact) mass is 382 g/mol. The number of hydrogen-bond donors (Lipinski definition) is 2. The molecule has 4 aliphatic rings. The summed E-state index contributed by atoms with van der Waals surface area (Å²) < 4.78 is 0. The first kappa shape index (κ1) is 19.5. The van der Waals surface area contributed by atoms with E-state index in [0.717, 1.165) is 53.8 Å². The maximum Gasteiger partial charge on any atom is 0.226 e. The van der Waals surface area contributed by atoms with Gasteiger partial charge in [-0.15, -0.1) is 0 Å². The highest BCUT2D eigenvalue weighted by molar-refractivity contribution is 5.93. The molecule has 4 saturated carbocycles. The Morgan fingerprint density at radius 2 is 1.68 bits per heavy atom. The average Bonchev–Trinajstić information content (AvgIpc) is 2.62. The van der Waals surface area contributed by atoms with Gasteiger partial charge in [0.1, 0.15) is 0 Å². The lowest BCUT2D eigenvalue weighted by Crippen LogP contribution is -2.53. The van der Waals surface area contributed by atoms with Crippen LogP contribution in [-0.4, -0.2) is 18.4 Å². The highest BCUT2D eigenvalue weighted by Gasteiger charge is 2.54. The van der Waals surface area contributed by atoms with Gasteiger partial charge in [0.05, 0.1) is 0 Å². The summed E-state index contributed by atoms with van der Waals surface area (Å²) in [6.45, 7) is 6.72. The summed E-state index contributed by atoms with van der Waals surface area (Å²) >= 11 is 0. The summed E-state index contributed by atoms with van der Waals surface area (Å²) in [5, 5.41) is 6.19. The van der Waals surface area contributed by atoms with Crippen molar-refractivity contribution >= 4 is 17.5 Å². The molecule has 0 aliphatic heterocycles. The molecule has 152 valence electrons. The zero-order valence-electron chi connectivity index (χ0n) is 17.5. The van der Waals surface area contributed by atoms with Crippen LogP contribution in [0.4, 0.5) is 5.69 Å². The molecule has 0 atom stereocenters. The number of carbonyl (C=O) groups is 2. The highest BCUT2D eigenvalue weighted by atomic mass is 16.2. The van der Waals surface area contributed by atoms with Crippen LogP contribution < -0.4 is 10.6 Å². The molecule has 0 heterocycles. The van der Waals surface area contributed by atoms with Gasteiger partial charge in [-0.25, -0.2) is 0 Å². The standard InChI is InChI=1S/C24H34N2O2/c1-15(2)20-6-4-5-16(3)22(20)26-21(27)7-8-25-23(28)24-12-17-9-18(13-24)11-19(10-17)14-24/h4-6,15,17-19H,7-14H2,1-3H3,(H,25,28)(H,26,27). The van der Waals surface area contributed by atoms with E-state index in [2.05, 4.69) is 30.5 Å². The van der Waals surface area contributed by atoms with Crippen LogP contribution in [0.2, 0.25) is 0 Å². The molecule has 2 N–H and O–H groups in total. The van der Waals surface area contributed by atoms with Gasteiger partial charge in [-0.3, -0.25) is 9.59 Å². The fourth-order valence-corrected chi connectivity index (χ4v) is 6.41. The zero-order valence-corrected chi connectivity index (χ0v) is 17.5. The maximum atomic E-state index is 13.0. The normalized spacial score (nSPS) is 30.5. The van der Waals surface area contributed by atoms with Gasteiger partial charge in [-0.2, -0.15) is 0 Å². The van der Waals surface area contributed by atoms with Crippen molar-refractivity contribution in [1.82, 2.24) is 5.32 Å². The van der Waals surface area contributed by atoms with Gasteiger partial charge < -0.3 is 10.6 Å². The number of nitrogens with one attached hydrogen (secondary N) is 2. The van der Waals surface area contributed by atoms with Crippen molar-refractivity contribution in [3.05, 3.63) is 29.3 Å². The first-order valence-electron chi connectivity index (χ1n) is 11.0. The van der Waals surface area contributed by atoms with Gasteiger partial charge >= 0.3 is 0 Å². The summed E-state index contributed by atoms with van der Waals surface area (Å²) in [6.07, 6.45) is 7.54. The van der Waals surface area contributed by atoms with E-state index in [1.54, 1.807) is 0 Å². The Balaban J connectivity index is 1.31. The van der Waals surface area contributed by atoms with Crippen LogP contribution in [0.5, 0.6) is 0 Å². The van der Waals surface area contributed by atoms with Gasteiger partial charge in [0, 0.05) is 24.1 Å². The Kier molecular flexibility index (Phi) is 5.24. The fourth-order valence-electron chi connectivity index (χ4n) is 6.41. The molecule has 0 saturated heterocycles. The van der Waals surface area contributed by atoms with Gasteiger partial charge in [0.2, 0.25) is 11.8 Å². The molecule has 4 aliphatic carbocycles. The summed E-state index contributed by atoms with van der Waals surface area (Å²) in [7, 11) is 0. The molecular formula is C24H34N2O2. The molecule has 5 rings (SSSR count). The second kappa shape index (κ2) is 7.53. The number of amides is 2. The molecule has 0 radical (unpaired) electrons. The first-order valence-corrected chi connectivity index (χ1v) is 11.0. The number of carbonyl (C=O) groups excluding carboxylic acids is 2. The number of aryl methyl sites for hydroxylation is 1. The third-order valence-corrected chi connectivity index (χ3v) is 7.35. The van der Waals surface area contributed by atoms with Crippen LogP contribution in [0.25, 0.3) is 0 Å². The highest BCUT2D eigenvalue weighted by Crippen LogP contribution is 2.60. The van der Waals surface area contributed by atoms with Crippen LogP contribution in [0.15, 0.2) is 18.2 Å². The van der Waals surface area contributed by atoms with Crippen molar-refractivity contribution in [1.29, 1.82) is 0 Å². The molecule has 0 unspecified atom stereocenters. The van der Waals surface area contributed by atoms with Crippen molar-refractivity contribution in [3.63, 3.8) is 0 Å². The second-order valence-electron chi connectivity index (χ2n) is 9.95. The first-order chi connectivity index (χ1) is 13.4. The molecule has 28 heavy (non-hydrogen) atoms. The molecule has 4 heteroatoms. The van der Waals surface area contributed by atoms with Crippen LogP contribution in [0.1, 0.15) is 75.8 Å². The van der Waals surface area contributed by atoms with E-state index in [-0.39, 0.29) is 17.2 Å². The van der Waals surface area contributed by atoms with E-state index < -0.39 is 0 Å². The topological polar surface area (TPSA) is 58.2 Å². The van der Waals surface area contributed by atoms with Gasteiger partial charge in [0.15, 0.2) is 0 Å². The lowest BCUT2D eigenvalue weighted by molar-refractivity contribution is -0.146. The van der Waals surface area contributed by atoms with E-state index in [1.165, 1.54) is 19.3 Å². The minimum atomic E-state index is -0.133. The molecule has 4 fully saturated rings. The summed E-state index contributed by atoms with van der Waals surface area (Å²) in [6, 6.07) is 6.13. The van der Waals surface area contributed by atoms with Crippen LogP contribution in [-0.2, 0) is 9.59 Å². The smallest absolute Gasteiger partial charge is 0.226 e. The molecule has 4 bridgehead atoms. The summed E-state index contributed by atoms with van der Waals surface area (Å²) in [4.78, 5) is 25.5. The fraction of sp³-hybridized carbons (Fsp3) is 0.667. The van der Waals surface area contributed by atoms with E-state index in [0.29, 0.717) is 18.9 Å². The molecule has 1 aromatic rings.